The Labute approximate surface area is 75.3 Å². The van der Waals surface area contributed by atoms with Crippen molar-refractivity contribution in [2.24, 2.45) is 5.92 Å². The third-order valence-corrected chi connectivity index (χ3v) is 2.11. The number of carbonyl (C=O) groups is 1. The first-order chi connectivity index (χ1) is 5.76. The number of ether oxygens (including phenoxy) is 1. The van der Waals surface area contributed by atoms with Crippen LogP contribution in [0, 0.1) is 5.92 Å². The molecule has 0 aliphatic heterocycles. The molecule has 2 heteroatoms. The Balaban J connectivity index is 3.76. The number of hydrogen-bond donors (Lipinski definition) is 0. The molecule has 1 atom stereocenters. The minimum Gasteiger partial charge on any atom is -0.385 e. The van der Waals surface area contributed by atoms with E-state index in [1.165, 1.54) is 0 Å². The van der Waals surface area contributed by atoms with E-state index in [0.717, 1.165) is 19.3 Å². The van der Waals surface area contributed by atoms with Crippen molar-refractivity contribution in [3.05, 3.63) is 0 Å². The standard InChI is InChI=1S/C10H20O2/c1-4-6-9(7-8-12-3)10(11)5-2/h9H,4-8H2,1-3H3. The van der Waals surface area contributed by atoms with Gasteiger partial charge >= 0.3 is 0 Å². The topological polar surface area (TPSA) is 26.3 Å². The zero-order chi connectivity index (χ0) is 9.40. The van der Waals surface area contributed by atoms with Crippen LogP contribution in [0.5, 0.6) is 0 Å². The van der Waals surface area contributed by atoms with Crippen LogP contribution in [0.2, 0.25) is 0 Å². The zero-order valence-corrected chi connectivity index (χ0v) is 8.43. The van der Waals surface area contributed by atoms with Gasteiger partial charge in [-0.15, -0.1) is 0 Å². The maximum Gasteiger partial charge on any atom is 0.135 e. The van der Waals surface area contributed by atoms with Crippen LogP contribution in [-0.2, 0) is 9.53 Å². The summed E-state index contributed by atoms with van der Waals surface area (Å²) in [5, 5.41) is 0. The molecule has 0 saturated heterocycles. The molecular weight excluding hydrogens is 152 g/mol. The third-order valence-electron chi connectivity index (χ3n) is 2.11. The Bertz CT molecular complexity index is 121. The van der Waals surface area contributed by atoms with Gasteiger partial charge in [0.15, 0.2) is 0 Å². The first-order valence-corrected chi connectivity index (χ1v) is 4.77. The van der Waals surface area contributed by atoms with Gasteiger partial charge < -0.3 is 4.74 Å². The molecule has 0 aliphatic carbocycles. The molecule has 0 heterocycles. The van der Waals surface area contributed by atoms with Crippen molar-refractivity contribution in [2.45, 2.75) is 39.5 Å². The zero-order valence-electron chi connectivity index (χ0n) is 8.43. The molecule has 0 spiro atoms. The number of Topliss-reactive ketones (excluding diaryl/α,β-unsaturated/α-hetero) is 1. The summed E-state index contributed by atoms with van der Waals surface area (Å²) in [5.74, 6) is 0.619. The largest absolute Gasteiger partial charge is 0.385 e. The fraction of sp³-hybridized carbons (Fsp3) is 0.900. The molecule has 0 amide bonds. The summed E-state index contributed by atoms with van der Waals surface area (Å²) in [4.78, 5) is 11.4. The highest BCUT2D eigenvalue weighted by Gasteiger charge is 2.14. The van der Waals surface area contributed by atoms with Crippen molar-refractivity contribution < 1.29 is 9.53 Å². The van der Waals surface area contributed by atoms with Gasteiger partial charge in [0.05, 0.1) is 0 Å². The van der Waals surface area contributed by atoms with Crippen LogP contribution in [-0.4, -0.2) is 19.5 Å². The average molecular weight is 172 g/mol. The second-order valence-corrected chi connectivity index (χ2v) is 3.09. The van der Waals surface area contributed by atoms with Crippen molar-refractivity contribution in [2.75, 3.05) is 13.7 Å². The molecule has 0 bridgehead atoms. The lowest BCUT2D eigenvalue weighted by atomic mass is 9.94. The normalized spacial score (nSPS) is 12.9. The number of carbonyl (C=O) groups excluding carboxylic acids is 1. The molecule has 0 aliphatic rings. The summed E-state index contributed by atoms with van der Waals surface area (Å²) >= 11 is 0. The van der Waals surface area contributed by atoms with Gasteiger partial charge in [0.2, 0.25) is 0 Å². The van der Waals surface area contributed by atoms with Crippen molar-refractivity contribution in [3.8, 4) is 0 Å². The van der Waals surface area contributed by atoms with Crippen molar-refractivity contribution in [3.63, 3.8) is 0 Å². The predicted octanol–water partition coefficient (Wildman–Crippen LogP) is 2.42. The van der Waals surface area contributed by atoms with Gasteiger partial charge in [-0.05, 0) is 12.8 Å². The predicted molar refractivity (Wildman–Crippen MR) is 50.2 cm³/mol. The van der Waals surface area contributed by atoms with Crippen molar-refractivity contribution in [1.82, 2.24) is 0 Å². The van der Waals surface area contributed by atoms with Crippen LogP contribution in [0.25, 0.3) is 0 Å². The maximum absolute atomic E-state index is 11.4. The highest BCUT2D eigenvalue weighted by molar-refractivity contribution is 5.80. The lowest BCUT2D eigenvalue weighted by Gasteiger charge is -2.12. The lowest BCUT2D eigenvalue weighted by molar-refractivity contribution is -0.123. The Hall–Kier alpha value is -0.370. The van der Waals surface area contributed by atoms with E-state index in [1.54, 1.807) is 7.11 Å². The summed E-state index contributed by atoms with van der Waals surface area (Å²) in [6, 6.07) is 0. The summed E-state index contributed by atoms with van der Waals surface area (Å²) < 4.78 is 4.96. The Morgan fingerprint density at radius 3 is 2.42 bits per heavy atom. The molecule has 0 N–H and O–H groups in total. The molecule has 12 heavy (non-hydrogen) atoms. The fourth-order valence-electron chi connectivity index (χ4n) is 1.36. The van der Waals surface area contributed by atoms with Gasteiger partial charge in [0.25, 0.3) is 0 Å². The summed E-state index contributed by atoms with van der Waals surface area (Å²) in [6.45, 7) is 4.75. The molecule has 0 rings (SSSR count). The van der Waals surface area contributed by atoms with Crippen LogP contribution in [0.1, 0.15) is 39.5 Å². The molecule has 0 fully saturated rings. The summed E-state index contributed by atoms with van der Waals surface area (Å²) in [6.07, 6.45) is 3.64. The lowest BCUT2D eigenvalue weighted by Crippen LogP contribution is -2.15. The Morgan fingerprint density at radius 1 is 1.33 bits per heavy atom. The molecule has 0 aromatic rings. The smallest absolute Gasteiger partial charge is 0.135 e. The summed E-state index contributed by atoms with van der Waals surface area (Å²) in [7, 11) is 1.68. The van der Waals surface area contributed by atoms with Gasteiger partial charge in [-0.25, -0.2) is 0 Å². The van der Waals surface area contributed by atoms with E-state index in [2.05, 4.69) is 6.92 Å². The molecule has 2 nitrogen and oxygen atoms in total. The van der Waals surface area contributed by atoms with Crippen LogP contribution < -0.4 is 0 Å². The number of hydrogen-bond acceptors (Lipinski definition) is 2. The molecule has 0 aromatic carbocycles. The van der Waals surface area contributed by atoms with Gasteiger partial charge in [0, 0.05) is 26.1 Å². The van der Waals surface area contributed by atoms with E-state index in [9.17, 15) is 4.79 Å². The second kappa shape index (κ2) is 7.29. The highest BCUT2D eigenvalue weighted by Crippen LogP contribution is 2.13. The maximum atomic E-state index is 11.4. The van der Waals surface area contributed by atoms with Crippen LogP contribution in [0.3, 0.4) is 0 Å². The Kier molecular flexibility index (Phi) is 7.06. The molecule has 0 saturated carbocycles. The molecular formula is C10H20O2. The number of methoxy groups -OCH3 is 1. The van der Waals surface area contributed by atoms with Gasteiger partial charge in [-0.2, -0.15) is 0 Å². The van der Waals surface area contributed by atoms with E-state index in [0.29, 0.717) is 18.8 Å². The summed E-state index contributed by atoms with van der Waals surface area (Å²) in [5.41, 5.74) is 0. The third kappa shape index (κ3) is 4.50. The average Bonchev–Trinajstić information content (AvgIpc) is 2.11. The fourth-order valence-corrected chi connectivity index (χ4v) is 1.36. The highest BCUT2D eigenvalue weighted by atomic mass is 16.5. The van der Waals surface area contributed by atoms with Crippen LogP contribution in [0.15, 0.2) is 0 Å². The number of rotatable bonds is 7. The minimum absolute atomic E-state index is 0.236. The van der Waals surface area contributed by atoms with E-state index in [1.807, 2.05) is 6.92 Å². The molecule has 0 radical (unpaired) electrons. The van der Waals surface area contributed by atoms with Crippen molar-refractivity contribution in [1.29, 1.82) is 0 Å². The van der Waals surface area contributed by atoms with E-state index < -0.39 is 0 Å². The minimum atomic E-state index is 0.236. The van der Waals surface area contributed by atoms with Crippen LogP contribution >= 0.6 is 0 Å². The second-order valence-electron chi connectivity index (χ2n) is 3.09. The van der Waals surface area contributed by atoms with Gasteiger partial charge in [0.1, 0.15) is 5.78 Å². The molecule has 1 unspecified atom stereocenters. The number of ketones is 1. The van der Waals surface area contributed by atoms with Gasteiger partial charge in [-0.3, -0.25) is 4.79 Å². The molecule has 72 valence electrons. The molecule has 0 aromatic heterocycles. The first-order valence-electron chi connectivity index (χ1n) is 4.77. The van der Waals surface area contributed by atoms with E-state index in [4.69, 9.17) is 4.74 Å². The van der Waals surface area contributed by atoms with Crippen molar-refractivity contribution >= 4 is 5.78 Å². The monoisotopic (exact) mass is 172 g/mol. The van der Waals surface area contributed by atoms with E-state index in [-0.39, 0.29) is 5.92 Å². The van der Waals surface area contributed by atoms with E-state index >= 15 is 0 Å². The SMILES string of the molecule is CCCC(CCOC)C(=O)CC. The van der Waals surface area contributed by atoms with Crippen LogP contribution in [0.4, 0.5) is 0 Å². The Morgan fingerprint density at radius 2 is 2.00 bits per heavy atom. The first kappa shape index (κ1) is 11.6. The quantitative estimate of drug-likeness (QED) is 0.589. The van der Waals surface area contributed by atoms with Gasteiger partial charge in [-0.1, -0.05) is 20.3 Å².